The Morgan fingerprint density at radius 2 is 2.03 bits per heavy atom. The van der Waals surface area contributed by atoms with E-state index in [9.17, 15) is 22.8 Å². The lowest BCUT2D eigenvalue weighted by Gasteiger charge is -2.13. The molecule has 0 aliphatic carbocycles. The van der Waals surface area contributed by atoms with Crippen LogP contribution in [0.4, 0.5) is 13.2 Å². The largest absolute Gasteiger partial charge is 0.469 e. The van der Waals surface area contributed by atoms with Crippen molar-refractivity contribution in [1.82, 2.24) is 15.1 Å². The number of amides is 1. The van der Waals surface area contributed by atoms with Crippen molar-refractivity contribution in [2.75, 3.05) is 7.11 Å². The van der Waals surface area contributed by atoms with Gasteiger partial charge in [-0.2, -0.15) is 13.2 Å². The van der Waals surface area contributed by atoms with Crippen LogP contribution in [0.25, 0.3) is 0 Å². The molecule has 0 bridgehead atoms. The molecular formula is C20H17ClF3N3O4. The van der Waals surface area contributed by atoms with Gasteiger partial charge in [0.15, 0.2) is 0 Å². The number of nitrogens with zero attached hydrogens (tertiary/aromatic N) is 1. The van der Waals surface area contributed by atoms with Crippen molar-refractivity contribution in [1.29, 1.82) is 0 Å². The summed E-state index contributed by atoms with van der Waals surface area (Å²) in [5.74, 6) is 0.787. The first kappa shape index (κ1) is 24.0. The molecule has 0 unspecified atom stereocenters. The molecule has 1 aromatic carbocycles. The van der Waals surface area contributed by atoms with Crippen molar-refractivity contribution >= 4 is 23.7 Å². The first-order valence-corrected chi connectivity index (χ1v) is 9.07. The van der Waals surface area contributed by atoms with E-state index in [0.717, 1.165) is 6.07 Å². The summed E-state index contributed by atoms with van der Waals surface area (Å²) in [6.07, 6.45) is 0.400. The van der Waals surface area contributed by atoms with Gasteiger partial charge in [-0.25, -0.2) is 9.82 Å². The quantitative estimate of drug-likeness (QED) is 0.360. The molecule has 164 valence electrons. The summed E-state index contributed by atoms with van der Waals surface area (Å²) in [5, 5.41) is 2.48. The highest BCUT2D eigenvalue weighted by atomic mass is 35.5. The maximum atomic E-state index is 13.1. The fourth-order valence-electron chi connectivity index (χ4n) is 2.40. The van der Waals surface area contributed by atoms with Crippen LogP contribution in [0.3, 0.4) is 0 Å². The topological polar surface area (TPSA) is 89.5 Å². The molecule has 1 aromatic heterocycles. The van der Waals surface area contributed by atoms with Crippen LogP contribution in [0.2, 0.25) is 0 Å². The maximum absolute atomic E-state index is 13.1. The molecule has 1 atom stereocenters. The highest BCUT2D eigenvalue weighted by molar-refractivity contribution is 6.13. The molecule has 0 radical (unpaired) electrons. The Morgan fingerprint density at radius 3 is 2.65 bits per heavy atom. The van der Waals surface area contributed by atoms with Crippen LogP contribution >= 0.6 is 11.8 Å². The summed E-state index contributed by atoms with van der Waals surface area (Å²) in [7, 11) is 1.19. The average molecular weight is 456 g/mol. The number of carbonyl (C=O) groups excluding carboxylic acids is 2. The maximum Gasteiger partial charge on any atom is 0.433 e. The molecule has 2 aromatic rings. The van der Waals surface area contributed by atoms with Gasteiger partial charge >= 0.3 is 12.1 Å². The normalized spacial score (nSPS) is 11.9. The van der Waals surface area contributed by atoms with E-state index in [0.29, 0.717) is 0 Å². The van der Waals surface area contributed by atoms with E-state index in [1.165, 1.54) is 37.4 Å². The van der Waals surface area contributed by atoms with Crippen molar-refractivity contribution in [3.63, 3.8) is 0 Å². The fraction of sp³-hybridized carbons (Fsp3) is 0.250. The first-order valence-electron chi connectivity index (χ1n) is 8.69. The number of ether oxygens (including phenoxy) is 2. The van der Waals surface area contributed by atoms with Crippen molar-refractivity contribution in [3.05, 3.63) is 53.2 Å². The second kappa shape index (κ2) is 10.7. The number of hydrogen-bond acceptors (Lipinski definition) is 6. The van der Waals surface area contributed by atoms with Gasteiger partial charge in [0.2, 0.25) is 5.88 Å². The molecule has 1 heterocycles. The smallest absolute Gasteiger partial charge is 0.433 e. The van der Waals surface area contributed by atoms with Crippen LogP contribution in [0.15, 0.2) is 36.4 Å². The Kier molecular flexibility index (Phi) is 8.24. The van der Waals surface area contributed by atoms with E-state index in [4.69, 9.17) is 22.9 Å². The molecule has 2 N–H and O–H groups in total. The van der Waals surface area contributed by atoms with Crippen molar-refractivity contribution < 1.29 is 32.2 Å². The number of carbonyl (C=O) groups is 2. The second-order valence-electron chi connectivity index (χ2n) is 6.11. The second-order valence-corrected chi connectivity index (χ2v) is 6.38. The third kappa shape index (κ3) is 7.16. The van der Waals surface area contributed by atoms with Crippen LogP contribution in [0.1, 0.15) is 28.0 Å². The third-order valence-corrected chi connectivity index (χ3v) is 3.98. The van der Waals surface area contributed by atoms with Crippen molar-refractivity contribution in [2.24, 2.45) is 0 Å². The number of esters is 1. The molecule has 0 aliphatic rings. The summed E-state index contributed by atoms with van der Waals surface area (Å²) in [6.45, 7) is -0.0559. The van der Waals surface area contributed by atoms with E-state index in [1.54, 1.807) is 0 Å². The number of alkyl halides is 3. The lowest BCUT2D eigenvalue weighted by molar-refractivity contribution is -0.142. The molecule has 11 heteroatoms. The number of terminal acetylenes is 1. The van der Waals surface area contributed by atoms with Gasteiger partial charge in [-0.15, -0.1) is 6.42 Å². The van der Waals surface area contributed by atoms with Crippen LogP contribution in [0.5, 0.6) is 11.6 Å². The van der Waals surface area contributed by atoms with E-state index in [1.807, 2.05) is 0 Å². The van der Waals surface area contributed by atoms with Crippen LogP contribution in [-0.4, -0.2) is 30.0 Å². The predicted molar refractivity (Wildman–Crippen MR) is 105 cm³/mol. The van der Waals surface area contributed by atoms with E-state index in [-0.39, 0.29) is 35.7 Å². The van der Waals surface area contributed by atoms with Gasteiger partial charge in [-0.3, -0.25) is 9.59 Å². The molecule has 7 nitrogen and oxygen atoms in total. The third-order valence-electron chi connectivity index (χ3n) is 3.85. The highest BCUT2D eigenvalue weighted by Crippen LogP contribution is 2.31. The van der Waals surface area contributed by atoms with E-state index < -0.39 is 29.8 Å². The minimum atomic E-state index is -4.69. The lowest BCUT2D eigenvalue weighted by atomic mass is 10.1. The summed E-state index contributed by atoms with van der Waals surface area (Å²) in [6, 6.07) is 6.85. The molecule has 0 aliphatic heterocycles. The Hall–Kier alpha value is -3.29. The number of nitrogens with one attached hydrogen (secondary N) is 2. The zero-order valence-electron chi connectivity index (χ0n) is 16.1. The summed E-state index contributed by atoms with van der Waals surface area (Å²) < 4.78 is 49.2. The summed E-state index contributed by atoms with van der Waals surface area (Å²) in [4.78, 5) is 29.5. The SMILES string of the molecule is C#C[C@@H](CC(=O)OC)NC(=O)c1cccc(Oc2cc(CNCl)cc(C(F)(F)F)n2)c1. The number of hydrogen-bond donors (Lipinski definition) is 2. The molecule has 0 saturated carbocycles. The molecule has 0 fully saturated rings. The Morgan fingerprint density at radius 1 is 1.29 bits per heavy atom. The minimum Gasteiger partial charge on any atom is -0.469 e. The number of methoxy groups -OCH3 is 1. The average Bonchev–Trinajstić information content (AvgIpc) is 2.72. The summed E-state index contributed by atoms with van der Waals surface area (Å²) >= 11 is 5.39. The van der Waals surface area contributed by atoms with E-state index in [2.05, 4.69) is 25.8 Å². The number of pyridine rings is 1. The zero-order chi connectivity index (χ0) is 23.0. The molecule has 0 spiro atoms. The zero-order valence-corrected chi connectivity index (χ0v) is 16.9. The van der Waals surface area contributed by atoms with E-state index >= 15 is 0 Å². The van der Waals surface area contributed by atoms with Crippen molar-refractivity contribution in [3.8, 4) is 24.0 Å². The Labute approximate surface area is 181 Å². The monoisotopic (exact) mass is 455 g/mol. The van der Waals surface area contributed by atoms with Gasteiger partial charge in [0.05, 0.1) is 13.5 Å². The number of benzene rings is 1. The number of halogens is 4. The van der Waals surface area contributed by atoms with Gasteiger partial charge in [0.1, 0.15) is 17.5 Å². The Bertz CT molecular complexity index is 992. The van der Waals surface area contributed by atoms with Crippen LogP contribution in [-0.2, 0) is 22.3 Å². The number of aromatic nitrogens is 1. The lowest BCUT2D eigenvalue weighted by Crippen LogP contribution is -2.35. The highest BCUT2D eigenvalue weighted by Gasteiger charge is 2.33. The first-order chi connectivity index (χ1) is 14.7. The predicted octanol–water partition coefficient (Wildman–Crippen LogP) is 3.43. The minimum absolute atomic E-state index is 0.0559. The fourth-order valence-corrected chi connectivity index (χ4v) is 2.55. The van der Waals surface area contributed by atoms with Gasteiger partial charge in [-0.05, 0) is 41.6 Å². The van der Waals surface area contributed by atoms with Crippen LogP contribution in [0, 0.1) is 12.3 Å². The van der Waals surface area contributed by atoms with Crippen molar-refractivity contribution in [2.45, 2.75) is 25.2 Å². The molecule has 0 saturated heterocycles. The molecular weight excluding hydrogens is 439 g/mol. The van der Waals surface area contributed by atoms with Gasteiger partial charge in [-0.1, -0.05) is 12.0 Å². The summed E-state index contributed by atoms with van der Waals surface area (Å²) in [5.41, 5.74) is -0.848. The van der Waals surface area contributed by atoms with Gasteiger partial charge in [0.25, 0.3) is 5.91 Å². The Balaban J connectivity index is 2.22. The molecule has 1 amide bonds. The van der Waals surface area contributed by atoms with Gasteiger partial charge in [0, 0.05) is 18.2 Å². The molecule has 2 rings (SSSR count). The molecule has 31 heavy (non-hydrogen) atoms. The van der Waals surface area contributed by atoms with Gasteiger partial charge < -0.3 is 14.8 Å². The standard InChI is InChI=1S/C20H17ClF3N3O4/c1-3-14(10-18(28)30-2)26-19(29)13-5-4-6-15(9-13)31-17-8-12(11-25-21)7-16(27-17)20(22,23)24/h1,4-9,14,25H,10-11H2,2H3,(H,26,29)/t14-/m0/s1. The van der Waals surface area contributed by atoms with Crippen LogP contribution < -0.4 is 14.9 Å². The number of rotatable bonds is 8.